The number of hydrogen-bond donors (Lipinski definition) is 0. The van der Waals surface area contributed by atoms with Crippen LogP contribution in [0, 0.1) is 47.1 Å². The second-order valence-corrected chi connectivity index (χ2v) is 13.4. The van der Waals surface area contributed by atoms with Crippen LogP contribution in [-0.4, -0.2) is 6.61 Å². The normalized spacial score (nSPS) is 30.3. The highest BCUT2D eigenvalue weighted by Crippen LogP contribution is 2.43. The van der Waals surface area contributed by atoms with Gasteiger partial charge in [0, 0.05) is 0 Å². The lowest BCUT2D eigenvalue weighted by molar-refractivity contribution is 0.140. The van der Waals surface area contributed by atoms with Gasteiger partial charge in [-0.3, -0.25) is 0 Å². The lowest BCUT2D eigenvalue weighted by Crippen LogP contribution is -2.26. The third-order valence-corrected chi connectivity index (χ3v) is 10.8. The van der Waals surface area contributed by atoms with Gasteiger partial charge in [0.25, 0.3) is 0 Å². The van der Waals surface area contributed by atoms with E-state index in [1.165, 1.54) is 103 Å². The van der Waals surface area contributed by atoms with E-state index in [9.17, 15) is 8.78 Å². The zero-order valence-electron chi connectivity index (χ0n) is 24.6. The average molecular weight is 531 g/mol. The first-order valence-corrected chi connectivity index (χ1v) is 16.7. The molecule has 0 saturated heterocycles. The molecule has 0 heterocycles. The van der Waals surface area contributed by atoms with Crippen molar-refractivity contribution in [3.05, 3.63) is 29.3 Å². The fraction of sp³-hybridized carbons (Fsp3) is 0.829. The molecule has 1 aromatic carbocycles. The molecule has 1 aromatic rings. The van der Waals surface area contributed by atoms with Crippen molar-refractivity contribution in [2.75, 3.05) is 6.61 Å². The van der Waals surface area contributed by atoms with Crippen molar-refractivity contribution in [2.45, 2.75) is 142 Å². The molecule has 0 N–H and O–H groups in total. The van der Waals surface area contributed by atoms with Crippen LogP contribution in [0.2, 0.25) is 0 Å². The summed E-state index contributed by atoms with van der Waals surface area (Å²) in [7, 11) is 0. The highest BCUT2D eigenvalue weighted by atomic mass is 19.2. The van der Waals surface area contributed by atoms with Gasteiger partial charge in [-0.25, -0.2) is 4.39 Å². The molecule has 1 nitrogen and oxygen atoms in total. The van der Waals surface area contributed by atoms with Crippen LogP contribution in [0.5, 0.6) is 5.75 Å². The van der Waals surface area contributed by atoms with E-state index >= 15 is 0 Å². The maximum absolute atomic E-state index is 14.9. The molecule has 0 aromatic heterocycles. The largest absolute Gasteiger partial charge is 0.490 e. The van der Waals surface area contributed by atoms with Crippen LogP contribution >= 0.6 is 0 Å². The molecule has 3 aliphatic carbocycles. The molecule has 0 amide bonds. The molecule has 0 atom stereocenters. The Morgan fingerprint density at radius 3 is 1.76 bits per heavy atom. The standard InChI is InChI=1S/C35H56F2O/c1-3-5-6-8-27-13-18-30(19-14-27)31-20-15-28(16-21-31)17-22-32-23-24-33(35(37)34(32)36)38-25-29-11-9-26(7-4-2)10-12-29/h23-24,26-31H,3-22,25H2,1-2H3/t26-,27-,28-,29-,30-,31-. The molecule has 216 valence electrons. The summed E-state index contributed by atoms with van der Waals surface area (Å²) in [5.74, 6) is 3.47. The molecule has 3 saturated carbocycles. The zero-order valence-corrected chi connectivity index (χ0v) is 24.6. The third-order valence-electron chi connectivity index (χ3n) is 10.8. The summed E-state index contributed by atoms with van der Waals surface area (Å²) in [5, 5.41) is 0. The number of rotatable bonds is 13. The molecule has 4 rings (SSSR count). The topological polar surface area (TPSA) is 9.23 Å². The van der Waals surface area contributed by atoms with Crippen molar-refractivity contribution >= 4 is 0 Å². The van der Waals surface area contributed by atoms with Gasteiger partial charge in [0.05, 0.1) is 6.61 Å². The van der Waals surface area contributed by atoms with Gasteiger partial charge in [-0.05, 0) is 98.5 Å². The summed E-state index contributed by atoms with van der Waals surface area (Å²) >= 11 is 0. The molecule has 38 heavy (non-hydrogen) atoms. The second kappa shape index (κ2) is 15.6. The SMILES string of the molecule is CCCCC[C@H]1CC[C@H]([C@H]2CC[C@H](CCc3ccc(OC[C@H]4CC[C@H](CCC)CC4)c(F)c3F)CC2)CC1. The van der Waals surface area contributed by atoms with Crippen molar-refractivity contribution in [1.82, 2.24) is 0 Å². The van der Waals surface area contributed by atoms with Crippen molar-refractivity contribution in [3.63, 3.8) is 0 Å². The number of hydrogen-bond acceptors (Lipinski definition) is 1. The third kappa shape index (κ3) is 8.69. The summed E-state index contributed by atoms with van der Waals surface area (Å²) < 4.78 is 35.5. The van der Waals surface area contributed by atoms with Crippen molar-refractivity contribution in [3.8, 4) is 5.75 Å². The highest BCUT2D eigenvalue weighted by Gasteiger charge is 2.31. The molecule has 0 aliphatic heterocycles. The van der Waals surface area contributed by atoms with Gasteiger partial charge in [0.1, 0.15) is 0 Å². The van der Waals surface area contributed by atoms with Crippen molar-refractivity contribution in [1.29, 1.82) is 0 Å². The Bertz CT molecular complexity index is 798. The maximum atomic E-state index is 14.9. The first-order chi connectivity index (χ1) is 18.6. The van der Waals surface area contributed by atoms with Crippen LogP contribution in [0.15, 0.2) is 12.1 Å². The summed E-state index contributed by atoms with van der Waals surface area (Å²) in [6.07, 6.45) is 25.7. The van der Waals surface area contributed by atoms with Gasteiger partial charge in [-0.2, -0.15) is 4.39 Å². The molecule has 3 aliphatic rings. The van der Waals surface area contributed by atoms with Crippen LogP contribution in [0.4, 0.5) is 8.78 Å². The van der Waals surface area contributed by atoms with Gasteiger partial charge >= 0.3 is 0 Å². The second-order valence-electron chi connectivity index (χ2n) is 13.4. The van der Waals surface area contributed by atoms with Gasteiger partial charge < -0.3 is 4.74 Å². The van der Waals surface area contributed by atoms with Crippen molar-refractivity contribution < 1.29 is 13.5 Å². The van der Waals surface area contributed by atoms with Crippen LogP contribution < -0.4 is 4.74 Å². The molecule has 0 unspecified atom stereocenters. The Morgan fingerprint density at radius 2 is 1.16 bits per heavy atom. The Labute approximate surface area is 232 Å². The van der Waals surface area contributed by atoms with Crippen LogP contribution in [-0.2, 0) is 6.42 Å². The first kappa shape index (κ1) is 29.9. The van der Waals surface area contributed by atoms with E-state index in [2.05, 4.69) is 13.8 Å². The minimum Gasteiger partial charge on any atom is -0.490 e. The lowest BCUT2D eigenvalue weighted by atomic mass is 9.68. The Morgan fingerprint density at radius 1 is 0.605 bits per heavy atom. The number of halogens is 2. The summed E-state index contributed by atoms with van der Waals surface area (Å²) in [5.41, 5.74) is 0.526. The number of benzene rings is 1. The molecular formula is C35H56F2O. The van der Waals surface area contributed by atoms with E-state index in [1.807, 2.05) is 0 Å². The first-order valence-electron chi connectivity index (χ1n) is 16.7. The zero-order chi connectivity index (χ0) is 26.7. The quantitative estimate of drug-likeness (QED) is 0.230. The summed E-state index contributed by atoms with van der Waals surface area (Å²) in [6, 6.07) is 3.45. The average Bonchev–Trinajstić information content (AvgIpc) is 2.95. The fourth-order valence-corrected chi connectivity index (χ4v) is 8.12. The molecule has 0 bridgehead atoms. The highest BCUT2D eigenvalue weighted by molar-refractivity contribution is 5.31. The van der Waals surface area contributed by atoms with E-state index in [0.717, 1.165) is 42.9 Å². The predicted octanol–water partition coefficient (Wildman–Crippen LogP) is 11.1. The molecule has 0 radical (unpaired) electrons. The number of ether oxygens (including phenoxy) is 1. The maximum Gasteiger partial charge on any atom is 0.200 e. The summed E-state index contributed by atoms with van der Waals surface area (Å²) in [6.45, 7) is 5.06. The smallest absolute Gasteiger partial charge is 0.200 e. The minimum absolute atomic E-state index is 0.0996. The Kier molecular flexibility index (Phi) is 12.3. The van der Waals surface area contributed by atoms with E-state index < -0.39 is 11.6 Å². The Hall–Kier alpha value is -1.12. The fourth-order valence-electron chi connectivity index (χ4n) is 8.12. The van der Waals surface area contributed by atoms with E-state index in [0.29, 0.717) is 30.4 Å². The van der Waals surface area contributed by atoms with Crippen LogP contribution in [0.3, 0.4) is 0 Å². The van der Waals surface area contributed by atoms with Gasteiger partial charge in [0.2, 0.25) is 5.82 Å². The van der Waals surface area contributed by atoms with Crippen LogP contribution in [0.1, 0.15) is 141 Å². The molecule has 3 heteroatoms. The number of unbranched alkanes of at least 4 members (excludes halogenated alkanes) is 2. The predicted molar refractivity (Wildman–Crippen MR) is 156 cm³/mol. The van der Waals surface area contributed by atoms with Gasteiger partial charge in [-0.1, -0.05) is 97.0 Å². The van der Waals surface area contributed by atoms with Gasteiger partial charge in [0.15, 0.2) is 11.6 Å². The summed E-state index contributed by atoms with van der Waals surface area (Å²) in [4.78, 5) is 0. The monoisotopic (exact) mass is 530 g/mol. The van der Waals surface area contributed by atoms with E-state index in [-0.39, 0.29) is 5.75 Å². The minimum atomic E-state index is -0.781. The van der Waals surface area contributed by atoms with Crippen LogP contribution in [0.25, 0.3) is 0 Å². The molecular weight excluding hydrogens is 474 g/mol. The molecule has 0 spiro atoms. The van der Waals surface area contributed by atoms with Gasteiger partial charge in [-0.15, -0.1) is 0 Å². The van der Waals surface area contributed by atoms with E-state index in [4.69, 9.17) is 4.74 Å². The Balaban J connectivity index is 1.14. The molecule has 3 fully saturated rings. The van der Waals surface area contributed by atoms with Crippen molar-refractivity contribution in [2.24, 2.45) is 35.5 Å². The lowest BCUT2D eigenvalue weighted by Gasteiger charge is -2.38. The van der Waals surface area contributed by atoms with E-state index in [1.54, 1.807) is 12.1 Å². The number of aryl methyl sites for hydroxylation is 1.